The Morgan fingerprint density at radius 1 is 1.16 bits per heavy atom. The van der Waals surface area contributed by atoms with Gasteiger partial charge in [0.2, 0.25) is 5.89 Å². The number of hydrogen-bond acceptors (Lipinski definition) is 3. The Hall–Kier alpha value is -2.30. The number of guanidine groups is 1. The summed E-state index contributed by atoms with van der Waals surface area (Å²) < 4.78 is 5.80. The smallest absolute Gasteiger partial charge is 0.213 e. The van der Waals surface area contributed by atoms with Gasteiger partial charge in [-0.2, -0.15) is 0 Å². The Balaban J connectivity index is 1.52. The highest BCUT2D eigenvalue weighted by molar-refractivity contribution is 5.79. The van der Waals surface area contributed by atoms with Crippen LogP contribution in [0.1, 0.15) is 55.5 Å². The summed E-state index contributed by atoms with van der Waals surface area (Å²) in [6, 6.07) is 6.77. The monoisotopic (exact) mass is 340 g/mol. The first-order valence-electron chi connectivity index (χ1n) is 8.96. The lowest BCUT2D eigenvalue weighted by molar-refractivity contribution is 0.379. The van der Waals surface area contributed by atoms with E-state index in [0.717, 1.165) is 18.3 Å². The predicted octanol–water partition coefficient (Wildman–Crippen LogP) is 3.33. The SMILES string of the molecule is CN=C(NCc1ccc2c(c1)CCC2)NCc1ncc(C(C)(C)C)o1. The van der Waals surface area contributed by atoms with Crippen LogP contribution >= 0.6 is 0 Å². The third-order valence-electron chi connectivity index (χ3n) is 4.55. The largest absolute Gasteiger partial charge is 0.443 e. The minimum absolute atomic E-state index is 0.0290. The van der Waals surface area contributed by atoms with Crippen LogP contribution < -0.4 is 10.6 Å². The van der Waals surface area contributed by atoms with E-state index in [0.29, 0.717) is 12.4 Å². The fourth-order valence-electron chi connectivity index (χ4n) is 3.04. The van der Waals surface area contributed by atoms with Gasteiger partial charge in [0, 0.05) is 19.0 Å². The normalized spacial score (nSPS) is 14.5. The van der Waals surface area contributed by atoms with Crippen molar-refractivity contribution in [3.8, 4) is 0 Å². The number of oxazole rings is 1. The molecule has 0 atom stereocenters. The van der Waals surface area contributed by atoms with Crippen molar-refractivity contribution in [3.63, 3.8) is 0 Å². The van der Waals surface area contributed by atoms with Gasteiger partial charge < -0.3 is 15.1 Å². The number of aliphatic imine (C=N–C) groups is 1. The van der Waals surface area contributed by atoms with Gasteiger partial charge in [-0.05, 0) is 36.0 Å². The van der Waals surface area contributed by atoms with Crippen LogP contribution in [0.2, 0.25) is 0 Å². The van der Waals surface area contributed by atoms with E-state index in [1.807, 2.05) is 0 Å². The summed E-state index contributed by atoms with van der Waals surface area (Å²) in [4.78, 5) is 8.61. The van der Waals surface area contributed by atoms with Crippen molar-refractivity contribution in [3.05, 3.63) is 52.7 Å². The van der Waals surface area contributed by atoms with Crippen molar-refractivity contribution >= 4 is 5.96 Å². The van der Waals surface area contributed by atoms with Crippen molar-refractivity contribution in [1.29, 1.82) is 0 Å². The number of aryl methyl sites for hydroxylation is 2. The number of aromatic nitrogens is 1. The molecule has 5 nitrogen and oxygen atoms in total. The number of rotatable bonds is 4. The molecule has 1 heterocycles. The average Bonchev–Trinajstić information content (AvgIpc) is 3.23. The number of nitrogens with zero attached hydrogens (tertiary/aromatic N) is 2. The average molecular weight is 340 g/mol. The summed E-state index contributed by atoms with van der Waals surface area (Å²) >= 11 is 0. The van der Waals surface area contributed by atoms with Crippen molar-refractivity contribution in [2.75, 3.05) is 7.05 Å². The molecule has 2 N–H and O–H groups in total. The van der Waals surface area contributed by atoms with Gasteiger partial charge in [0.25, 0.3) is 0 Å². The first-order chi connectivity index (χ1) is 12.0. The molecule has 1 aliphatic rings. The summed E-state index contributed by atoms with van der Waals surface area (Å²) in [5.74, 6) is 2.31. The lowest BCUT2D eigenvalue weighted by Gasteiger charge is -2.13. The second-order valence-electron chi connectivity index (χ2n) is 7.60. The lowest BCUT2D eigenvalue weighted by Crippen LogP contribution is -2.36. The molecule has 134 valence electrons. The first-order valence-corrected chi connectivity index (χ1v) is 8.96. The molecular weight excluding hydrogens is 312 g/mol. The number of benzene rings is 1. The molecule has 0 saturated carbocycles. The standard InChI is InChI=1S/C20H28N4O/c1-20(2,3)17-12-22-18(25-17)13-24-19(21-4)23-11-14-8-9-15-6-5-7-16(15)10-14/h8-10,12H,5-7,11,13H2,1-4H3,(H2,21,23,24). The summed E-state index contributed by atoms with van der Waals surface area (Å²) in [6.07, 6.45) is 5.51. The lowest BCUT2D eigenvalue weighted by atomic mass is 9.94. The van der Waals surface area contributed by atoms with Crippen LogP contribution in [0.5, 0.6) is 0 Å². The zero-order chi connectivity index (χ0) is 17.9. The van der Waals surface area contributed by atoms with Crippen LogP contribution in [0.25, 0.3) is 0 Å². The van der Waals surface area contributed by atoms with Crippen LogP contribution in [0.4, 0.5) is 0 Å². The van der Waals surface area contributed by atoms with E-state index in [9.17, 15) is 0 Å². The zero-order valence-corrected chi connectivity index (χ0v) is 15.6. The fraction of sp³-hybridized carbons (Fsp3) is 0.500. The molecule has 0 spiro atoms. The van der Waals surface area contributed by atoms with Gasteiger partial charge in [0.05, 0.1) is 12.7 Å². The van der Waals surface area contributed by atoms with Crippen molar-refractivity contribution < 1.29 is 4.42 Å². The van der Waals surface area contributed by atoms with Gasteiger partial charge in [-0.25, -0.2) is 4.98 Å². The molecule has 1 aromatic heterocycles. The molecule has 0 bridgehead atoms. The Labute approximate surface area is 150 Å². The minimum atomic E-state index is -0.0290. The Bertz CT molecular complexity index is 755. The molecule has 1 aliphatic carbocycles. The Morgan fingerprint density at radius 2 is 1.92 bits per heavy atom. The summed E-state index contributed by atoms with van der Waals surface area (Å²) in [6.45, 7) is 7.61. The predicted molar refractivity (Wildman–Crippen MR) is 101 cm³/mol. The van der Waals surface area contributed by atoms with Crippen molar-refractivity contribution in [2.45, 2.75) is 58.5 Å². The molecule has 0 aliphatic heterocycles. The zero-order valence-electron chi connectivity index (χ0n) is 15.6. The van der Waals surface area contributed by atoms with Crippen LogP contribution in [0.15, 0.2) is 33.8 Å². The molecule has 1 aromatic carbocycles. The maximum atomic E-state index is 5.80. The molecule has 0 fully saturated rings. The summed E-state index contributed by atoms with van der Waals surface area (Å²) in [7, 11) is 1.77. The first kappa shape index (κ1) is 17.5. The molecule has 5 heteroatoms. The third-order valence-corrected chi connectivity index (χ3v) is 4.55. The Kier molecular flexibility index (Phi) is 5.11. The van der Waals surface area contributed by atoms with E-state index < -0.39 is 0 Å². The molecule has 25 heavy (non-hydrogen) atoms. The molecule has 2 aromatic rings. The highest BCUT2D eigenvalue weighted by atomic mass is 16.4. The van der Waals surface area contributed by atoms with Gasteiger partial charge in [-0.1, -0.05) is 39.0 Å². The van der Waals surface area contributed by atoms with E-state index in [2.05, 4.69) is 59.6 Å². The maximum Gasteiger partial charge on any atom is 0.213 e. The van der Waals surface area contributed by atoms with E-state index in [4.69, 9.17) is 4.42 Å². The molecule has 0 unspecified atom stereocenters. The van der Waals surface area contributed by atoms with Gasteiger partial charge in [0.1, 0.15) is 5.76 Å². The molecule has 3 rings (SSSR count). The third kappa shape index (κ3) is 4.41. The molecular formula is C20H28N4O. The van der Waals surface area contributed by atoms with Gasteiger partial charge in [-0.15, -0.1) is 0 Å². The molecule has 0 radical (unpaired) electrons. The quantitative estimate of drug-likeness (QED) is 0.662. The van der Waals surface area contributed by atoms with Crippen LogP contribution in [-0.2, 0) is 31.3 Å². The molecule has 0 saturated heterocycles. The van der Waals surface area contributed by atoms with Gasteiger partial charge >= 0.3 is 0 Å². The maximum absolute atomic E-state index is 5.80. The number of fused-ring (bicyclic) bond motifs is 1. The Morgan fingerprint density at radius 3 is 2.64 bits per heavy atom. The van der Waals surface area contributed by atoms with Crippen molar-refractivity contribution in [2.24, 2.45) is 4.99 Å². The van der Waals surface area contributed by atoms with Gasteiger partial charge in [-0.3, -0.25) is 4.99 Å². The topological polar surface area (TPSA) is 62.5 Å². The van der Waals surface area contributed by atoms with E-state index in [1.54, 1.807) is 13.2 Å². The number of nitrogens with one attached hydrogen (secondary N) is 2. The van der Waals surface area contributed by atoms with Crippen LogP contribution in [0, 0.1) is 0 Å². The van der Waals surface area contributed by atoms with Crippen molar-refractivity contribution in [1.82, 2.24) is 15.6 Å². The minimum Gasteiger partial charge on any atom is -0.443 e. The van der Waals surface area contributed by atoms with Crippen LogP contribution in [0.3, 0.4) is 0 Å². The highest BCUT2D eigenvalue weighted by Crippen LogP contribution is 2.23. The van der Waals surface area contributed by atoms with E-state index in [-0.39, 0.29) is 5.41 Å². The number of hydrogen-bond donors (Lipinski definition) is 2. The van der Waals surface area contributed by atoms with Gasteiger partial charge in [0.15, 0.2) is 5.96 Å². The second-order valence-corrected chi connectivity index (χ2v) is 7.60. The highest BCUT2D eigenvalue weighted by Gasteiger charge is 2.19. The van der Waals surface area contributed by atoms with E-state index >= 15 is 0 Å². The summed E-state index contributed by atoms with van der Waals surface area (Å²) in [5, 5.41) is 6.61. The van der Waals surface area contributed by atoms with E-state index in [1.165, 1.54) is 36.0 Å². The second kappa shape index (κ2) is 7.30. The van der Waals surface area contributed by atoms with Crippen LogP contribution in [-0.4, -0.2) is 18.0 Å². The fourth-order valence-corrected chi connectivity index (χ4v) is 3.04. The molecule has 0 amide bonds. The summed E-state index contributed by atoms with van der Waals surface area (Å²) in [5.41, 5.74) is 4.26.